The lowest BCUT2D eigenvalue weighted by Crippen LogP contribution is -2.36. The lowest BCUT2D eigenvalue weighted by molar-refractivity contribution is 0.123. The van der Waals surface area contributed by atoms with Crippen LogP contribution in [0, 0.1) is 0 Å². The molecule has 110 valence electrons. The van der Waals surface area contributed by atoms with Gasteiger partial charge < -0.3 is 4.74 Å². The van der Waals surface area contributed by atoms with E-state index < -0.39 is 0 Å². The number of benzene rings is 1. The van der Waals surface area contributed by atoms with Crippen molar-refractivity contribution in [3.63, 3.8) is 0 Å². The van der Waals surface area contributed by atoms with Gasteiger partial charge in [-0.25, -0.2) is 0 Å². The zero-order valence-electron chi connectivity index (χ0n) is 12.3. The van der Waals surface area contributed by atoms with Crippen molar-refractivity contribution in [2.75, 3.05) is 19.7 Å². The SMILES string of the molecule is c1ccc(OCCN2CCCC[C@H]2c2cccnc2)cc1. The summed E-state index contributed by atoms with van der Waals surface area (Å²) in [4.78, 5) is 6.80. The summed E-state index contributed by atoms with van der Waals surface area (Å²) in [6.07, 6.45) is 7.64. The van der Waals surface area contributed by atoms with E-state index in [0.29, 0.717) is 6.04 Å². The average Bonchev–Trinajstić information content (AvgIpc) is 2.57. The Morgan fingerprint density at radius 1 is 1.10 bits per heavy atom. The molecule has 2 heterocycles. The van der Waals surface area contributed by atoms with Crippen LogP contribution in [0.3, 0.4) is 0 Å². The molecule has 3 rings (SSSR count). The number of pyridine rings is 1. The van der Waals surface area contributed by atoms with Crippen molar-refractivity contribution in [2.24, 2.45) is 0 Å². The van der Waals surface area contributed by atoms with E-state index in [9.17, 15) is 0 Å². The van der Waals surface area contributed by atoms with Gasteiger partial charge in [0.2, 0.25) is 0 Å². The predicted octanol–water partition coefficient (Wildman–Crippen LogP) is 3.69. The molecular weight excluding hydrogens is 260 g/mol. The van der Waals surface area contributed by atoms with Gasteiger partial charge in [0.05, 0.1) is 0 Å². The molecule has 0 unspecified atom stereocenters. The van der Waals surface area contributed by atoms with Crippen LogP contribution in [0.2, 0.25) is 0 Å². The molecule has 1 fully saturated rings. The standard InChI is InChI=1S/C18H22N2O/c1-2-8-17(9-3-1)21-14-13-20-12-5-4-10-18(20)16-7-6-11-19-15-16/h1-3,6-9,11,15,18H,4-5,10,12-14H2/t18-/m0/s1. The summed E-state index contributed by atoms with van der Waals surface area (Å²) in [5.74, 6) is 0.951. The number of nitrogens with zero attached hydrogens (tertiary/aromatic N) is 2. The molecular formula is C18H22N2O. The van der Waals surface area contributed by atoms with Gasteiger partial charge in [0.15, 0.2) is 0 Å². The van der Waals surface area contributed by atoms with E-state index in [1.165, 1.54) is 24.8 Å². The fourth-order valence-electron chi connectivity index (χ4n) is 3.01. The minimum absolute atomic E-state index is 0.492. The van der Waals surface area contributed by atoms with Gasteiger partial charge in [0.1, 0.15) is 12.4 Å². The van der Waals surface area contributed by atoms with Crippen LogP contribution in [0.15, 0.2) is 54.9 Å². The van der Waals surface area contributed by atoms with E-state index in [2.05, 4.69) is 16.0 Å². The highest BCUT2D eigenvalue weighted by Crippen LogP contribution is 2.29. The molecule has 0 N–H and O–H groups in total. The van der Waals surface area contributed by atoms with E-state index >= 15 is 0 Å². The number of hydrogen-bond donors (Lipinski definition) is 0. The fourth-order valence-corrected chi connectivity index (χ4v) is 3.01. The highest BCUT2D eigenvalue weighted by molar-refractivity contribution is 5.21. The van der Waals surface area contributed by atoms with Gasteiger partial charge in [0, 0.05) is 25.0 Å². The molecule has 0 bridgehead atoms. The molecule has 0 spiro atoms. The molecule has 0 amide bonds. The molecule has 0 saturated carbocycles. The van der Waals surface area contributed by atoms with Crippen LogP contribution in [0.5, 0.6) is 5.75 Å². The second kappa shape index (κ2) is 7.23. The topological polar surface area (TPSA) is 25.4 Å². The largest absolute Gasteiger partial charge is 0.492 e. The van der Waals surface area contributed by atoms with Crippen molar-refractivity contribution in [1.29, 1.82) is 0 Å². The van der Waals surface area contributed by atoms with Crippen LogP contribution < -0.4 is 4.74 Å². The van der Waals surface area contributed by atoms with E-state index in [0.717, 1.165) is 25.4 Å². The summed E-state index contributed by atoms with van der Waals surface area (Å²) in [5.41, 5.74) is 1.33. The Morgan fingerprint density at radius 3 is 2.81 bits per heavy atom. The second-order valence-electron chi connectivity index (χ2n) is 5.50. The predicted molar refractivity (Wildman–Crippen MR) is 84.3 cm³/mol. The van der Waals surface area contributed by atoms with Gasteiger partial charge in [-0.15, -0.1) is 0 Å². The number of ether oxygens (including phenoxy) is 1. The summed E-state index contributed by atoms with van der Waals surface area (Å²) in [6.45, 7) is 2.85. The summed E-state index contributed by atoms with van der Waals surface area (Å²) in [5, 5.41) is 0. The zero-order valence-corrected chi connectivity index (χ0v) is 12.3. The molecule has 1 aromatic carbocycles. The smallest absolute Gasteiger partial charge is 0.119 e. The Bertz CT molecular complexity index is 529. The summed E-state index contributed by atoms with van der Waals surface area (Å²) in [6, 6.07) is 14.8. The van der Waals surface area contributed by atoms with E-state index in [-0.39, 0.29) is 0 Å². The first-order chi connectivity index (χ1) is 10.4. The molecule has 1 saturated heterocycles. The minimum Gasteiger partial charge on any atom is -0.492 e. The van der Waals surface area contributed by atoms with Gasteiger partial charge in [-0.3, -0.25) is 9.88 Å². The van der Waals surface area contributed by atoms with E-state index in [1.54, 1.807) is 0 Å². The average molecular weight is 282 g/mol. The first-order valence-corrected chi connectivity index (χ1v) is 7.75. The van der Waals surface area contributed by atoms with Crippen LogP contribution in [-0.2, 0) is 0 Å². The van der Waals surface area contributed by atoms with E-state index in [1.807, 2.05) is 48.8 Å². The quantitative estimate of drug-likeness (QED) is 0.836. The first-order valence-electron chi connectivity index (χ1n) is 7.75. The summed E-state index contributed by atoms with van der Waals surface area (Å²) in [7, 11) is 0. The van der Waals surface area contributed by atoms with Crippen molar-refractivity contribution in [3.8, 4) is 5.75 Å². The maximum absolute atomic E-state index is 5.84. The molecule has 0 radical (unpaired) electrons. The number of piperidine rings is 1. The van der Waals surface area contributed by atoms with Gasteiger partial charge in [-0.2, -0.15) is 0 Å². The Labute approximate surface area is 126 Å². The second-order valence-corrected chi connectivity index (χ2v) is 5.50. The lowest BCUT2D eigenvalue weighted by Gasteiger charge is -2.35. The van der Waals surface area contributed by atoms with Crippen molar-refractivity contribution in [1.82, 2.24) is 9.88 Å². The molecule has 3 heteroatoms. The van der Waals surface area contributed by atoms with Gasteiger partial charge in [0.25, 0.3) is 0 Å². The Morgan fingerprint density at radius 2 is 2.00 bits per heavy atom. The molecule has 1 aromatic heterocycles. The van der Waals surface area contributed by atoms with Crippen LogP contribution >= 0.6 is 0 Å². The molecule has 1 aliphatic heterocycles. The van der Waals surface area contributed by atoms with Crippen molar-refractivity contribution in [3.05, 3.63) is 60.4 Å². The Balaban J connectivity index is 1.57. The molecule has 0 aliphatic carbocycles. The van der Waals surface area contributed by atoms with Crippen molar-refractivity contribution in [2.45, 2.75) is 25.3 Å². The third-order valence-electron chi connectivity index (χ3n) is 4.07. The number of rotatable bonds is 5. The lowest BCUT2D eigenvalue weighted by atomic mass is 9.96. The van der Waals surface area contributed by atoms with Gasteiger partial charge >= 0.3 is 0 Å². The third kappa shape index (κ3) is 3.82. The maximum atomic E-state index is 5.84. The highest BCUT2D eigenvalue weighted by atomic mass is 16.5. The number of likely N-dealkylation sites (tertiary alicyclic amines) is 1. The van der Waals surface area contributed by atoms with E-state index in [4.69, 9.17) is 4.74 Å². The molecule has 1 aliphatic rings. The number of aromatic nitrogens is 1. The summed E-state index contributed by atoms with van der Waals surface area (Å²) >= 11 is 0. The normalized spacial score (nSPS) is 19.3. The van der Waals surface area contributed by atoms with Crippen molar-refractivity contribution >= 4 is 0 Å². The zero-order chi connectivity index (χ0) is 14.3. The molecule has 2 aromatic rings. The van der Waals surface area contributed by atoms with Gasteiger partial charge in [-0.05, 0) is 43.1 Å². The van der Waals surface area contributed by atoms with Crippen LogP contribution in [-0.4, -0.2) is 29.6 Å². The van der Waals surface area contributed by atoms with Gasteiger partial charge in [-0.1, -0.05) is 30.7 Å². The number of hydrogen-bond acceptors (Lipinski definition) is 3. The van der Waals surface area contributed by atoms with Crippen molar-refractivity contribution < 1.29 is 4.74 Å². The Hall–Kier alpha value is -1.87. The maximum Gasteiger partial charge on any atom is 0.119 e. The summed E-state index contributed by atoms with van der Waals surface area (Å²) < 4.78 is 5.84. The van der Waals surface area contributed by atoms with Crippen LogP contribution in [0.4, 0.5) is 0 Å². The molecule has 1 atom stereocenters. The molecule has 3 nitrogen and oxygen atoms in total. The fraction of sp³-hybridized carbons (Fsp3) is 0.389. The van der Waals surface area contributed by atoms with Crippen LogP contribution in [0.1, 0.15) is 30.9 Å². The number of para-hydroxylation sites is 1. The monoisotopic (exact) mass is 282 g/mol. The van der Waals surface area contributed by atoms with Crippen LogP contribution in [0.25, 0.3) is 0 Å². The minimum atomic E-state index is 0.492. The third-order valence-corrected chi connectivity index (χ3v) is 4.07. The first kappa shape index (κ1) is 14.1. The molecule has 21 heavy (non-hydrogen) atoms. The highest BCUT2D eigenvalue weighted by Gasteiger charge is 2.23. The Kier molecular flexibility index (Phi) is 4.85.